The van der Waals surface area contributed by atoms with Crippen LogP contribution in [0.25, 0.3) is 0 Å². The van der Waals surface area contributed by atoms with Crippen molar-refractivity contribution in [3.8, 4) is 0 Å². The van der Waals surface area contributed by atoms with Crippen LogP contribution < -0.4 is 5.56 Å². The van der Waals surface area contributed by atoms with Gasteiger partial charge >= 0.3 is 23.5 Å². The number of phosphoric ester groups is 1. The minimum Gasteiger partial charge on any atom is -0.387 e. The largest absolute Gasteiger partial charge is 0.490 e. The second-order valence-corrected chi connectivity index (χ2v) is 9.94. The van der Waals surface area contributed by atoms with Crippen molar-refractivity contribution >= 4 is 23.5 Å². The minimum atomic E-state index is -5.76. The standard InChI is InChI=1S/C10H14F2NO13P3/c11-5-1-7(14)13-2-4(5)10-8(12)9(15)6(24-10)3-23-28(19,20)26-29(21,22)25-27(16,17)18/h1-2,6,8-10,15H,3H2,(H,13,14)(H,19,20)(H,21,22)(H2,16,17,18)/t6-,8+,9?,10+/m1/s1. The predicted octanol–water partition coefficient (Wildman–Crippen LogP) is -0.00380. The molecule has 1 aliphatic heterocycles. The van der Waals surface area contributed by atoms with Crippen LogP contribution >= 0.6 is 23.5 Å². The van der Waals surface area contributed by atoms with E-state index in [1.807, 2.05) is 0 Å². The number of aliphatic hydroxyl groups excluding tert-OH is 1. The molecule has 6 atom stereocenters. The lowest BCUT2D eigenvalue weighted by Gasteiger charge is -2.19. The molecule has 0 bridgehead atoms. The van der Waals surface area contributed by atoms with Crippen molar-refractivity contribution in [2.45, 2.75) is 24.5 Å². The Hall–Kier alpha value is -0.860. The molecule has 3 unspecified atom stereocenters. The summed E-state index contributed by atoms with van der Waals surface area (Å²) in [5, 5.41) is 9.80. The molecule has 0 saturated carbocycles. The van der Waals surface area contributed by atoms with Gasteiger partial charge < -0.3 is 34.4 Å². The van der Waals surface area contributed by atoms with Crippen LogP contribution in [0.4, 0.5) is 8.78 Å². The molecule has 0 radical (unpaired) electrons. The van der Waals surface area contributed by atoms with Gasteiger partial charge in [0.25, 0.3) is 5.56 Å². The molecule has 1 saturated heterocycles. The molecular formula is C10H14F2NO13P3. The van der Waals surface area contributed by atoms with Crippen molar-refractivity contribution in [3.63, 3.8) is 0 Å². The molecule has 2 rings (SSSR count). The molecule has 1 fully saturated rings. The fourth-order valence-electron chi connectivity index (χ4n) is 2.26. The van der Waals surface area contributed by atoms with Gasteiger partial charge in [0, 0.05) is 17.8 Å². The lowest BCUT2D eigenvalue weighted by Crippen LogP contribution is -2.31. The normalized spacial score (nSPS) is 29.3. The molecule has 1 aromatic rings. The Morgan fingerprint density at radius 3 is 2.31 bits per heavy atom. The molecule has 0 spiro atoms. The van der Waals surface area contributed by atoms with Crippen LogP contribution in [0.3, 0.4) is 0 Å². The van der Waals surface area contributed by atoms with E-state index in [1.165, 1.54) is 0 Å². The van der Waals surface area contributed by atoms with E-state index in [-0.39, 0.29) is 0 Å². The van der Waals surface area contributed by atoms with Crippen molar-refractivity contribution in [3.05, 3.63) is 34.0 Å². The number of nitrogens with one attached hydrogen (secondary N) is 1. The topological polar surface area (TPSA) is 222 Å². The number of ether oxygens (including phenoxy) is 1. The van der Waals surface area contributed by atoms with Crippen LogP contribution in [-0.4, -0.2) is 54.7 Å². The van der Waals surface area contributed by atoms with E-state index in [0.717, 1.165) is 6.20 Å². The first-order valence-electron chi connectivity index (χ1n) is 7.24. The van der Waals surface area contributed by atoms with Crippen molar-refractivity contribution in [1.82, 2.24) is 4.98 Å². The van der Waals surface area contributed by atoms with Gasteiger partial charge in [-0.3, -0.25) is 9.32 Å². The molecule has 2 heterocycles. The molecular weight excluding hydrogens is 473 g/mol. The van der Waals surface area contributed by atoms with E-state index >= 15 is 0 Å². The maximum Gasteiger partial charge on any atom is 0.490 e. The van der Waals surface area contributed by atoms with Gasteiger partial charge in [-0.25, -0.2) is 22.5 Å². The Morgan fingerprint density at radius 1 is 1.14 bits per heavy atom. The second kappa shape index (κ2) is 8.71. The van der Waals surface area contributed by atoms with Crippen molar-refractivity contribution < 1.29 is 65.0 Å². The summed E-state index contributed by atoms with van der Waals surface area (Å²) in [6.45, 7) is -1.13. The monoisotopic (exact) mass is 487 g/mol. The number of hydrogen-bond donors (Lipinski definition) is 6. The lowest BCUT2D eigenvalue weighted by atomic mass is 10.0. The maximum absolute atomic E-state index is 14.2. The van der Waals surface area contributed by atoms with Gasteiger partial charge in [-0.1, -0.05) is 0 Å². The number of halogens is 2. The summed E-state index contributed by atoms with van der Waals surface area (Å²) >= 11 is 0. The molecule has 14 nitrogen and oxygen atoms in total. The van der Waals surface area contributed by atoms with Gasteiger partial charge in [0.15, 0.2) is 6.17 Å². The minimum absolute atomic E-state index is 0.475. The van der Waals surface area contributed by atoms with Crippen LogP contribution in [0.5, 0.6) is 0 Å². The summed E-state index contributed by atoms with van der Waals surface area (Å²) in [4.78, 5) is 48.2. The first-order valence-corrected chi connectivity index (χ1v) is 11.8. The zero-order valence-corrected chi connectivity index (χ0v) is 16.5. The highest BCUT2D eigenvalue weighted by Gasteiger charge is 2.48. The summed E-state index contributed by atoms with van der Waals surface area (Å²) < 4.78 is 77.6. The number of alkyl halides is 1. The Kier molecular flexibility index (Phi) is 7.33. The highest BCUT2D eigenvalue weighted by Crippen LogP contribution is 2.66. The fraction of sp³-hybridized carbons (Fsp3) is 0.500. The maximum atomic E-state index is 14.2. The summed E-state index contributed by atoms with van der Waals surface area (Å²) in [6, 6.07) is 0.497. The van der Waals surface area contributed by atoms with Crippen LogP contribution in [0.2, 0.25) is 0 Å². The Bertz CT molecular complexity index is 949. The Balaban J connectivity index is 2.05. The average Bonchev–Trinajstić information content (AvgIpc) is 2.78. The fourth-order valence-corrected chi connectivity index (χ4v) is 5.29. The van der Waals surface area contributed by atoms with Crippen molar-refractivity contribution in [2.24, 2.45) is 0 Å². The van der Waals surface area contributed by atoms with Crippen molar-refractivity contribution in [1.29, 1.82) is 0 Å². The molecule has 0 aliphatic carbocycles. The number of aromatic amines is 1. The van der Waals surface area contributed by atoms with Crippen LogP contribution in [-0.2, 0) is 31.6 Å². The number of H-pyrrole nitrogens is 1. The molecule has 6 N–H and O–H groups in total. The Labute approximate surface area is 159 Å². The van der Waals surface area contributed by atoms with E-state index in [4.69, 9.17) is 19.4 Å². The number of aliphatic hydroxyl groups is 1. The number of rotatable bonds is 8. The summed E-state index contributed by atoms with van der Waals surface area (Å²) in [5.41, 5.74) is -1.30. The number of aromatic nitrogens is 1. The predicted molar refractivity (Wildman–Crippen MR) is 85.4 cm³/mol. The van der Waals surface area contributed by atoms with Crippen molar-refractivity contribution in [2.75, 3.05) is 6.61 Å². The summed E-state index contributed by atoms with van der Waals surface area (Å²) in [6.07, 6.45) is -6.92. The molecule has 1 aliphatic rings. The van der Waals surface area contributed by atoms with Gasteiger partial charge in [0.1, 0.15) is 24.1 Å². The first kappa shape index (κ1) is 24.4. The van der Waals surface area contributed by atoms with E-state index in [9.17, 15) is 37.3 Å². The smallest absolute Gasteiger partial charge is 0.387 e. The van der Waals surface area contributed by atoms with E-state index in [2.05, 4.69) is 18.1 Å². The number of phosphoric acid groups is 3. The molecule has 0 amide bonds. The lowest BCUT2D eigenvalue weighted by molar-refractivity contribution is -0.0230. The van der Waals surface area contributed by atoms with Gasteiger partial charge in [0.2, 0.25) is 0 Å². The third-order valence-corrected chi connectivity index (χ3v) is 7.15. The molecule has 19 heteroatoms. The first-order chi connectivity index (χ1) is 13.1. The van der Waals surface area contributed by atoms with Crippen LogP contribution in [0.1, 0.15) is 11.7 Å². The van der Waals surface area contributed by atoms with E-state index in [1.54, 1.807) is 0 Å². The quantitative estimate of drug-likeness (QED) is 0.266. The Morgan fingerprint density at radius 2 is 1.76 bits per heavy atom. The molecule has 0 aromatic carbocycles. The SMILES string of the molecule is O=c1cc(F)c([C@@H]2O[C@H](COP(=O)(O)OP(=O)(O)OP(=O)(O)O)C(O)[C@@H]2F)c[nH]1. The van der Waals surface area contributed by atoms with Gasteiger partial charge in [-0.2, -0.15) is 8.62 Å². The van der Waals surface area contributed by atoms with Crippen LogP contribution in [0.15, 0.2) is 17.1 Å². The molecule has 166 valence electrons. The molecule has 29 heavy (non-hydrogen) atoms. The third kappa shape index (κ3) is 6.82. The second-order valence-electron chi connectivity index (χ2n) is 5.52. The number of hydrogen-bond acceptors (Lipinski definition) is 9. The van der Waals surface area contributed by atoms with E-state index < -0.39 is 71.5 Å². The zero-order chi connectivity index (χ0) is 22.2. The van der Waals surface area contributed by atoms with Gasteiger partial charge in [-0.15, -0.1) is 0 Å². The number of pyridine rings is 1. The van der Waals surface area contributed by atoms with Crippen LogP contribution in [0, 0.1) is 5.82 Å². The highest BCUT2D eigenvalue weighted by atomic mass is 31.3. The van der Waals surface area contributed by atoms with Gasteiger partial charge in [0.05, 0.1) is 6.61 Å². The highest BCUT2D eigenvalue weighted by molar-refractivity contribution is 7.66. The average molecular weight is 487 g/mol. The van der Waals surface area contributed by atoms with E-state index in [0.29, 0.717) is 6.07 Å². The summed E-state index contributed by atoms with van der Waals surface area (Å²) in [7, 11) is -16.9. The van der Waals surface area contributed by atoms with Gasteiger partial charge in [-0.05, 0) is 0 Å². The zero-order valence-electron chi connectivity index (χ0n) is 13.8. The third-order valence-electron chi connectivity index (χ3n) is 3.35. The summed E-state index contributed by atoms with van der Waals surface area (Å²) in [5.74, 6) is -1.15. The molecule has 1 aromatic heterocycles.